The summed E-state index contributed by atoms with van der Waals surface area (Å²) in [6.45, 7) is 18.3. The summed E-state index contributed by atoms with van der Waals surface area (Å²) in [5, 5.41) is 8.71. The zero-order valence-corrected chi connectivity index (χ0v) is 24.6. The summed E-state index contributed by atoms with van der Waals surface area (Å²) < 4.78 is 5.40. The van der Waals surface area contributed by atoms with E-state index < -0.39 is 29.3 Å². The lowest BCUT2D eigenvalue weighted by Crippen LogP contribution is -2.58. The summed E-state index contributed by atoms with van der Waals surface area (Å²) in [6.07, 6.45) is 5.36. The fourth-order valence-electron chi connectivity index (χ4n) is 5.05. The van der Waals surface area contributed by atoms with E-state index in [1.54, 1.807) is 25.7 Å². The molecule has 1 saturated carbocycles. The maximum absolute atomic E-state index is 13.7. The van der Waals surface area contributed by atoms with Crippen molar-refractivity contribution in [2.45, 2.75) is 123 Å². The zero-order valence-electron chi connectivity index (χ0n) is 24.6. The van der Waals surface area contributed by atoms with Crippen LogP contribution in [0.15, 0.2) is 12.2 Å². The Balaban J connectivity index is 2.15. The average molecular weight is 535 g/mol. The lowest BCUT2D eigenvalue weighted by Gasteiger charge is -2.31. The second-order valence-corrected chi connectivity index (χ2v) is 12.4. The van der Waals surface area contributed by atoms with Crippen molar-refractivity contribution >= 4 is 23.8 Å². The highest BCUT2D eigenvalue weighted by atomic mass is 16.6. The van der Waals surface area contributed by atoms with E-state index in [1.807, 2.05) is 20.8 Å². The van der Waals surface area contributed by atoms with Crippen molar-refractivity contribution in [2.24, 2.45) is 11.8 Å². The molecule has 1 saturated heterocycles. The molecule has 1 aliphatic carbocycles. The first-order valence-corrected chi connectivity index (χ1v) is 14.3. The number of carbonyl (C=O) groups is 4. The Morgan fingerprint density at radius 3 is 2.37 bits per heavy atom. The van der Waals surface area contributed by atoms with E-state index in [4.69, 9.17) is 4.74 Å². The molecule has 0 aromatic carbocycles. The predicted octanol–water partition coefficient (Wildman–Crippen LogP) is 4.06. The Morgan fingerprint density at radius 2 is 1.82 bits per heavy atom. The summed E-state index contributed by atoms with van der Waals surface area (Å²) in [4.78, 5) is 54.4. The third kappa shape index (κ3) is 8.73. The zero-order chi connectivity index (χ0) is 28.7. The number of nitrogens with zero attached hydrogens (tertiary/aromatic N) is 1. The number of carbonyl (C=O) groups excluding carboxylic acids is 4. The van der Waals surface area contributed by atoms with E-state index >= 15 is 0 Å². The van der Waals surface area contributed by atoms with Gasteiger partial charge in [-0.2, -0.15) is 0 Å². The number of hydrogen-bond donors (Lipinski definition) is 3. The lowest BCUT2D eigenvalue weighted by atomic mass is 10.0. The van der Waals surface area contributed by atoms with Crippen LogP contribution in [-0.4, -0.2) is 65.0 Å². The second-order valence-electron chi connectivity index (χ2n) is 12.4. The van der Waals surface area contributed by atoms with E-state index in [-0.39, 0.29) is 29.6 Å². The molecular weight excluding hydrogens is 484 g/mol. The fraction of sp³-hybridized carbons (Fsp3) is 0.793. The Labute approximate surface area is 228 Å². The van der Waals surface area contributed by atoms with Gasteiger partial charge >= 0.3 is 6.09 Å². The molecule has 9 nitrogen and oxygen atoms in total. The predicted molar refractivity (Wildman–Crippen MR) is 148 cm³/mol. The van der Waals surface area contributed by atoms with Crippen LogP contribution in [0.25, 0.3) is 0 Å². The van der Waals surface area contributed by atoms with Crippen molar-refractivity contribution < 1.29 is 23.9 Å². The van der Waals surface area contributed by atoms with Gasteiger partial charge in [-0.15, -0.1) is 0 Å². The number of likely N-dealkylation sites (tertiary alicyclic amines) is 1. The molecule has 1 heterocycles. The molecule has 0 unspecified atom stereocenters. The van der Waals surface area contributed by atoms with Crippen LogP contribution in [0.4, 0.5) is 4.79 Å². The van der Waals surface area contributed by atoms with Crippen molar-refractivity contribution in [1.29, 1.82) is 0 Å². The molecule has 0 bridgehead atoms. The van der Waals surface area contributed by atoms with E-state index in [2.05, 4.69) is 29.5 Å². The normalized spacial score (nSPS) is 23.5. The molecule has 2 aliphatic rings. The van der Waals surface area contributed by atoms with Crippen molar-refractivity contribution in [2.75, 3.05) is 13.1 Å². The molecule has 0 spiro atoms. The van der Waals surface area contributed by atoms with Crippen LogP contribution in [-0.2, 0) is 19.1 Å². The van der Waals surface area contributed by atoms with Gasteiger partial charge in [-0.3, -0.25) is 14.4 Å². The van der Waals surface area contributed by atoms with Gasteiger partial charge in [0, 0.05) is 19.0 Å². The summed E-state index contributed by atoms with van der Waals surface area (Å²) in [6, 6.07) is -1.47. The molecule has 0 radical (unpaired) electrons. The summed E-state index contributed by atoms with van der Waals surface area (Å²) >= 11 is 0. The van der Waals surface area contributed by atoms with Crippen molar-refractivity contribution in [3.05, 3.63) is 12.2 Å². The minimum Gasteiger partial charge on any atom is -0.444 e. The number of ether oxygens (including phenoxy) is 1. The first kappa shape index (κ1) is 31.6. The van der Waals surface area contributed by atoms with Crippen LogP contribution < -0.4 is 16.0 Å². The van der Waals surface area contributed by atoms with Crippen LogP contribution >= 0.6 is 0 Å². The standard InChI is InChI=1S/C29H50N4O5/c1-9-10-11-12-14-22(31-27(37)38-28(6,7)8)25(35)33-16-13-15-23(33)24(34)32-29(17-21(29)20(4)5)26(36)30-18-19(2)3/h19,21-23H,4,9-18H2,1-3,5-8H3,(H,30,36)(H,31,37)(H,32,34)/t21-,22-,23-,29+/m0/s1. The number of unbranched alkanes of at least 4 members (excludes halogenated alkanes) is 3. The Bertz CT molecular complexity index is 881. The van der Waals surface area contributed by atoms with Crippen molar-refractivity contribution in [1.82, 2.24) is 20.9 Å². The van der Waals surface area contributed by atoms with E-state index in [0.29, 0.717) is 38.8 Å². The molecule has 2 rings (SSSR count). The monoisotopic (exact) mass is 534 g/mol. The van der Waals surface area contributed by atoms with Crippen LogP contribution in [0, 0.1) is 11.8 Å². The highest BCUT2D eigenvalue weighted by Crippen LogP contribution is 2.48. The number of amides is 4. The second kappa shape index (κ2) is 13.5. The Morgan fingerprint density at radius 1 is 1.13 bits per heavy atom. The molecule has 4 amide bonds. The SMILES string of the molecule is C=C(C)[C@@H]1C[C@]1(NC(=O)[C@@H]1CCCN1C(=O)[C@H](CCCCCC)NC(=O)OC(C)(C)C)C(=O)NCC(C)C. The van der Waals surface area contributed by atoms with Crippen molar-refractivity contribution in [3.63, 3.8) is 0 Å². The minimum atomic E-state index is -1.02. The molecule has 9 heteroatoms. The van der Waals surface area contributed by atoms with Crippen molar-refractivity contribution in [3.8, 4) is 0 Å². The molecule has 38 heavy (non-hydrogen) atoms. The Hall–Kier alpha value is -2.58. The van der Waals surface area contributed by atoms with Gasteiger partial charge in [0.2, 0.25) is 17.7 Å². The van der Waals surface area contributed by atoms with Crippen LogP contribution in [0.1, 0.15) is 99.8 Å². The molecule has 0 aromatic heterocycles. The van der Waals surface area contributed by atoms with E-state index in [1.165, 1.54) is 0 Å². The number of alkyl carbamates (subject to hydrolysis) is 1. The highest BCUT2D eigenvalue weighted by molar-refractivity contribution is 5.98. The molecule has 4 atom stereocenters. The molecule has 1 aliphatic heterocycles. The molecule has 2 fully saturated rings. The number of nitrogens with one attached hydrogen (secondary N) is 3. The highest BCUT2D eigenvalue weighted by Gasteiger charge is 2.62. The number of rotatable bonds is 13. The van der Waals surface area contributed by atoms with Crippen LogP contribution in [0.2, 0.25) is 0 Å². The van der Waals surface area contributed by atoms with Gasteiger partial charge in [-0.1, -0.05) is 58.6 Å². The van der Waals surface area contributed by atoms with E-state index in [9.17, 15) is 19.2 Å². The third-order valence-electron chi connectivity index (χ3n) is 7.15. The lowest BCUT2D eigenvalue weighted by molar-refractivity contribution is -0.141. The van der Waals surface area contributed by atoms with Crippen LogP contribution in [0.3, 0.4) is 0 Å². The van der Waals surface area contributed by atoms with Gasteiger partial charge < -0.3 is 25.6 Å². The third-order valence-corrected chi connectivity index (χ3v) is 7.15. The smallest absolute Gasteiger partial charge is 0.408 e. The maximum Gasteiger partial charge on any atom is 0.408 e. The molecule has 0 aromatic rings. The van der Waals surface area contributed by atoms with Gasteiger partial charge in [0.05, 0.1) is 0 Å². The van der Waals surface area contributed by atoms with Crippen LogP contribution in [0.5, 0.6) is 0 Å². The quantitative estimate of drug-likeness (QED) is 0.243. The van der Waals surface area contributed by atoms with Gasteiger partial charge in [-0.05, 0) is 59.3 Å². The molecule has 216 valence electrons. The van der Waals surface area contributed by atoms with E-state index in [0.717, 1.165) is 31.3 Å². The Kier molecular flexibility index (Phi) is 11.2. The average Bonchev–Trinajstić information content (AvgIpc) is 3.33. The van der Waals surface area contributed by atoms with Gasteiger partial charge in [0.15, 0.2) is 0 Å². The van der Waals surface area contributed by atoms with Gasteiger partial charge in [0.25, 0.3) is 0 Å². The first-order valence-electron chi connectivity index (χ1n) is 14.3. The molecular formula is C29H50N4O5. The molecule has 3 N–H and O–H groups in total. The fourth-order valence-corrected chi connectivity index (χ4v) is 5.05. The van der Waals surface area contributed by atoms with Gasteiger partial charge in [-0.25, -0.2) is 4.79 Å². The largest absolute Gasteiger partial charge is 0.444 e. The summed E-state index contributed by atoms with van der Waals surface area (Å²) in [5.41, 5.74) is -0.869. The number of hydrogen-bond acceptors (Lipinski definition) is 5. The summed E-state index contributed by atoms with van der Waals surface area (Å²) in [7, 11) is 0. The minimum absolute atomic E-state index is 0.135. The van der Waals surface area contributed by atoms with Gasteiger partial charge in [0.1, 0.15) is 23.2 Å². The maximum atomic E-state index is 13.7. The first-order chi connectivity index (χ1) is 17.7. The summed E-state index contributed by atoms with van der Waals surface area (Å²) in [5.74, 6) is -0.673. The topological polar surface area (TPSA) is 117 Å².